The first kappa shape index (κ1) is 56.0. The lowest BCUT2D eigenvalue weighted by atomic mass is 10.0. The lowest BCUT2D eigenvalue weighted by Gasteiger charge is -2.24. The van der Waals surface area contributed by atoms with Gasteiger partial charge in [0, 0.05) is 6.42 Å². The lowest BCUT2D eigenvalue weighted by molar-refractivity contribution is -0.150. The van der Waals surface area contributed by atoms with Gasteiger partial charge in [-0.1, -0.05) is 221 Å². The number of nitrogens with one attached hydrogen (secondary N) is 1. The molecule has 0 aromatic rings. The van der Waals surface area contributed by atoms with E-state index in [0.717, 1.165) is 64.2 Å². The van der Waals surface area contributed by atoms with Crippen molar-refractivity contribution in [1.29, 1.82) is 0 Å². The number of allylic oxidation sites excluding steroid dienone is 14. The maximum Gasteiger partial charge on any atom is 0.306 e. The molecule has 3 N–H and O–H groups in total. The van der Waals surface area contributed by atoms with Crippen LogP contribution in [0.1, 0.15) is 213 Å². The summed E-state index contributed by atoms with van der Waals surface area (Å²) in [4.78, 5) is 26.0. The summed E-state index contributed by atoms with van der Waals surface area (Å²) in [7, 11) is 0. The Balaban J connectivity index is 4.80. The molecule has 0 saturated heterocycles. The molecule has 0 aliphatic carbocycles. The number of aliphatic hydroxyl groups is 2. The topological polar surface area (TPSA) is 95.9 Å². The smallest absolute Gasteiger partial charge is 0.306 e. The van der Waals surface area contributed by atoms with E-state index in [2.05, 4.69) is 68.6 Å². The Morgan fingerprint density at radius 1 is 0.508 bits per heavy atom. The fourth-order valence-corrected chi connectivity index (χ4v) is 6.86. The molecule has 0 heterocycles. The van der Waals surface area contributed by atoms with Crippen molar-refractivity contribution < 1.29 is 24.5 Å². The molecular weight excluding hydrogens is 731 g/mol. The van der Waals surface area contributed by atoms with Crippen molar-refractivity contribution in [3.8, 4) is 0 Å². The first-order chi connectivity index (χ1) is 29.0. The Labute approximate surface area is 363 Å². The predicted molar refractivity (Wildman–Crippen MR) is 254 cm³/mol. The zero-order valence-electron chi connectivity index (χ0n) is 38.4. The second-order valence-corrected chi connectivity index (χ2v) is 16.3. The van der Waals surface area contributed by atoms with Crippen molar-refractivity contribution in [2.24, 2.45) is 0 Å². The van der Waals surface area contributed by atoms with Crippen LogP contribution < -0.4 is 5.32 Å². The van der Waals surface area contributed by atoms with Gasteiger partial charge in [0.25, 0.3) is 0 Å². The van der Waals surface area contributed by atoms with Gasteiger partial charge in [0.1, 0.15) is 6.10 Å². The van der Waals surface area contributed by atoms with Crippen molar-refractivity contribution in [2.75, 3.05) is 6.61 Å². The summed E-state index contributed by atoms with van der Waals surface area (Å²) in [5, 5.41) is 23.7. The number of amides is 1. The van der Waals surface area contributed by atoms with Crippen LogP contribution in [0.3, 0.4) is 0 Å². The van der Waals surface area contributed by atoms with Crippen LogP contribution in [0.25, 0.3) is 0 Å². The molecule has 3 atom stereocenters. The fourth-order valence-electron chi connectivity index (χ4n) is 6.86. The van der Waals surface area contributed by atoms with Crippen LogP contribution in [0.4, 0.5) is 0 Å². The highest BCUT2D eigenvalue weighted by atomic mass is 16.5. The third-order valence-corrected chi connectivity index (χ3v) is 10.6. The van der Waals surface area contributed by atoms with E-state index < -0.39 is 18.2 Å². The molecule has 0 aromatic carbocycles. The van der Waals surface area contributed by atoms with E-state index in [0.29, 0.717) is 19.3 Å². The highest BCUT2D eigenvalue weighted by Crippen LogP contribution is 2.16. The number of aliphatic hydroxyl groups excluding tert-OH is 2. The van der Waals surface area contributed by atoms with Crippen molar-refractivity contribution >= 4 is 11.9 Å². The number of carbonyl (C=O) groups is 2. The third kappa shape index (κ3) is 41.6. The maximum atomic E-state index is 13.2. The van der Waals surface area contributed by atoms with Gasteiger partial charge in [-0.2, -0.15) is 0 Å². The molecule has 0 bridgehead atoms. The number of rotatable bonds is 42. The Morgan fingerprint density at radius 2 is 0.966 bits per heavy atom. The number of esters is 1. The van der Waals surface area contributed by atoms with Crippen LogP contribution in [-0.4, -0.2) is 46.9 Å². The highest BCUT2D eigenvalue weighted by molar-refractivity contribution is 5.77. The SMILES string of the molecule is CCC/C=C/C=C/C=C/C=C/C=C/CCCCCC(CC(=O)NC(CO)C(O)CCCCCCCCCCCCC)OC(=O)CC/C=C/C/C=C\CCCCCCCC. The normalized spacial score (nSPS) is 14.1. The van der Waals surface area contributed by atoms with Crippen LogP contribution in [0, 0.1) is 0 Å². The van der Waals surface area contributed by atoms with Gasteiger partial charge in [-0.15, -0.1) is 0 Å². The molecule has 6 heteroatoms. The van der Waals surface area contributed by atoms with Crippen molar-refractivity contribution in [3.63, 3.8) is 0 Å². The van der Waals surface area contributed by atoms with Crippen LogP contribution in [-0.2, 0) is 14.3 Å². The van der Waals surface area contributed by atoms with E-state index in [-0.39, 0.29) is 31.3 Å². The van der Waals surface area contributed by atoms with Crippen molar-refractivity contribution in [1.82, 2.24) is 5.32 Å². The van der Waals surface area contributed by atoms with Gasteiger partial charge >= 0.3 is 5.97 Å². The van der Waals surface area contributed by atoms with Gasteiger partial charge in [-0.3, -0.25) is 9.59 Å². The van der Waals surface area contributed by atoms with Gasteiger partial charge in [-0.05, 0) is 64.2 Å². The van der Waals surface area contributed by atoms with E-state index in [1.54, 1.807) is 0 Å². The Kier molecular flexibility index (Phi) is 43.8. The number of unbranched alkanes of at least 4 members (excludes halogenated alkanes) is 20. The minimum absolute atomic E-state index is 0.0229. The van der Waals surface area contributed by atoms with Crippen LogP contribution in [0.15, 0.2) is 85.1 Å². The zero-order chi connectivity index (χ0) is 43.1. The third-order valence-electron chi connectivity index (χ3n) is 10.6. The molecule has 338 valence electrons. The molecule has 6 nitrogen and oxygen atoms in total. The first-order valence-corrected chi connectivity index (χ1v) is 24.4. The average molecular weight is 822 g/mol. The summed E-state index contributed by atoms with van der Waals surface area (Å²) in [6, 6.07) is -0.729. The summed E-state index contributed by atoms with van der Waals surface area (Å²) in [5.74, 6) is -0.604. The van der Waals surface area contributed by atoms with Gasteiger partial charge in [0.15, 0.2) is 0 Å². The van der Waals surface area contributed by atoms with Crippen molar-refractivity contribution in [2.45, 2.75) is 232 Å². The largest absolute Gasteiger partial charge is 0.462 e. The second-order valence-electron chi connectivity index (χ2n) is 16.3. The molecule has 0 saturated carbocycles. The maximum absolute atomic E-state index is 13.2. The van der Waals surface area contributed by atoms with E-state index >= 15 is 0 Å². The molecule has 0 rings (SSSR count). The molecule has 0 aliphatic heterocycles. The lowest BCUT2D eigenvalue weighted by Crippen LogP contribution is -2.46. The van der Waals surface area contributed by atoms with Gasteiger partial charge < -0.3 is 20.3 Å². The number of carbonyl (C=O) groups excluding carboxylic acids is 2. The molecule has 59 heavy (non-hydrogen) atoms. The Morgan fingerprint density at radius 3 is 1.53 bits per heavy atom. The highest BCUT2D eigenvalue weighted by Gasteiger charge is 2.24. The summed E-state index contributed by atoms with van der Waals surface area (Å²) in [6.07, 6.45) is 59.3. The number of ether oxygens (including phenoxy) is 1. The minimum Gasteiger partial charge on any atom is -0.462 e. The summed E-state index contributed by atoms with van der Waals surface area (Å²) in [6.45, 7) is 6.34. The molecule has 1 amide bonds. The first-order valence-electron chi connectivity index (χ1n) is 24.4. The van der Waals surface area contributed by atoms with Crippen LogP contribution >= 0.6 is 0 Å². The predicted octanol–water partition coefficient (Wildman–Crippen LogP) is 14.4. The minimum atomic E-state index is -0.811. The summed E-state index contributed by atoms with van der Waals surface area (Å²) >= 11 is 0. The quantitative estimate of drug-likeness (QED) is 0.0247. The summed E-state index contributed by atoms with van der Waals surface area (Å²) < 4.78 is 5.86. The van der Waals surface area contributed by atoms with E-state index in [4.69, 9.17) is 4.74 Å². The van der Waals surface area contributed by atoms with E-state index in [9.17, 15) is 19.8 Å². The average Bonchev–Trinajstić information content (AvgIpc) is 3.23. The molecule has 3 unspecified atom stereocenters. The van der Waals surface area contributed by atoms with E-state index in [1.165, 1.54) is 96.3 Å². The fraction of sp³-hybridized carbons (Fsp3) is 0.698. The second kappa shape index (κ2) is 46.1. The number of hydrogen-bond acceptors (Lipinski definition) is 5. The van der Waals surface area contributed by atoms with Gasteiger partial charge in [0.05, 0.1) is 25.2 Å². The molecular formula is C53H91NO5. The van der Waals surface area contributed by atoms with Crippen molar-refractivity contribution in [3.05, 3.63) is 85.1 Å². The van der Waals surface area contributed by atoms with Crippen LogP contribution in [0.2, 0.25) is 0 Å². The molecule has 0 aromatic heterocycles. The molecule has 0 radical (unpaired) electrons. The number of hydrogen-bond donors (Lipinski definition) is 3. The van der Waals surface area contributed by atoms with E-state index in [1.807, 2.05) is 42.5 Å². The van der Waals surface area contributed by atoms with Crippen LogP contribution in [0.5, 0.6) is 0 Å². The van der Waals surface area contributed by atoms with Gasteiger partial charge in [0.2, 0.25) is 5.91 Å². The standard InChI is InChI=1S/C53H91NO5/c1-4-7-10-13-16-19-22-24-25-26-28-30-32-35-38-41-44-49(59-53(58)46-43-40-37-34-31-27-23-20-17-14-11-8-5-2)47-52(57)54-50(48-55)51(56)45-42-39-36-33-29-21-18-15-12-9-6-3/h10,13,16,19,22,24-28,30-31,37,40,49-51,55-56H,4-9,11-12,14-15,17-18,20-21,23,29,32-36,38-39,41-48H2,1-3H3,(H,54,57)/b13-10+,19-16+,24-22+,26-25+,30-28+,31-27-,40-37+. The Bertz CT molecular complexity index is 1150. The molecule has 0 spiro atoms. The Hall–Kier alpha value is -2.96. The van der Waals surface area contributed by atoms with Gasteiger partial charge in [-0.25, -0.2) is 0 Å². The molecule has 0 fully saturated rings. The molecule has 0 aliphatic rings. The monoisotopic (exact) mass is 822 g/mol. The zero-order valence-corrected chi connectivity index (χ0v) is 38.4. The summed E-state index contributed by atoms with van der Waals surface area (Å²) in [5.41, 5.74) is 0.